The smallest absolute Gasteiger partial charge is 0.329 e. The quantitative estimate of drug-likeness (QED) is 0.620. The van der Waals surface area contributed by atoms with E-state index in [1.54, 1.807) is 0 Å². The molecule has 0 spiro atoms. The van der Waals surface area contributed by atoms with Crippen molar-refractivity contribution in [1.29, 1.82) is 0 Å². The van der Waals surface area contributed by atoms with E-state index in [4.69, 9.17) is 5.11 Å². The molecule has 14 heavy (non-hydrogen) atoms. The van der Waals surface area contributed by atoms with Gasteiger partial charge in [0.2, 0.25) is 0 Å². The number of rotatable bonds is 3. The first-order valence-electron chi connectivity index (χ1n) is 4.19. The second-order valence-corrected chi connectivity index (χ2v) is 3.31. The fourth-order valence-corrected chi connectivity index (χ4v) is 1.20. The maximum atomic E-state index is 10.9. The Morgan fingerprint density at radius 2 is 2.36 bits per heavy atom. The van der Waals surface area contributed by atoms with Crippen molar-refractivity contribution in [3.05, 3.63) is 22.7 Å². The van der Waals surface area contributed by atoms with E-state index in [0.717, 1.165) is 0 Å². The van der Waals surface area contributed by atoms with Gasteiger partial charge >= 0.3 is 5.97 Å². The summed E-state index contributed by atoms with van der Waals surface area (Å²) < 4.78 is 0. The number of nitrogens with one attached hydrogen (secondary N) is 2. The summed E-state index contributed by atoms with van der Waals surface area (Å²) in [5.74, 6) is -0.603. The topological polar surface area (TPSA) is 95.1 Å². The number of hydrogen-bond donors (Lipinski definition) is 3. The van der Waals surface area contributed by atoms with E-state index in [1.807, 2.05) is 0 Å². The van der Waals surface area contributed by atoms with Gasteiger partial charge in [0.1, 0.15) is 11.4 Å². The van der Waals surface area contributed by atoms with Gasteiger partial charge in [-0.25, -0.2) is 9.78 Å². The Balaban J connectivity index is 2.19. The molecule has 0 amide bonds. The molecular weight excluding hydrogens is 186 g/mol. The molecule has 1 saturated carbocycles. The lowest BCUT2D eigenvalue weighted by Crippen LogP contribution is -2.32. The van der Waals surface area contributed by atoms with Gasteiger partial charge in [-0.05, 0) is 12.8 Å². The number of carboxylic acid groups (broad SMARTS) is 1. The highest BCUT2D eigenvalue weighted by Gasteiger charge is 2.50. The van der Waals surface area contributed by atoms with Crippen LogP contribution in [0, 0.1) is 0 Å². The van der Waals surface area contributed by atoms with Crippen LogP contribution in [0.2, 0.25) is 0 Å². The first-order chi connectivity index (χ1) is 6.62. The maximum absolute atomic E-state index is 10.9. The molecule has 0 aromatic carbocycles. The summed E-state index contributed by atoms with van der Waals surface area (Å²) in [6.45, 7) is 0. The first kappa shape index (κ1) is 8.74. The lowest BCUT2D eigenvalue weighted by atomic mass is 10.3. The van der Waals surface area contributed by atoms with E-state index in [1.165, 1.54) is 12.4 Å². The first-order valence-corrected chi connectivity index (χ1v) is 4.19. The van der Waals surface area contributed by atoms with Crippen molar-refractivity contribution in [3.63, 3.8) is 0 Å². The van der Waals surface area contributed by atoms with Crippen molar-refractivity contribution in [2.24, 2.45) is 0 Å². The molecule has 0 bridgehead atoms. The van der Waals surface area contributed by atoms with Crippen LogP contribution < -0.4 is 10.9 Å². The van der Waals surface area contributed by atoms with E-state index in [2.05, 4.69) is 15.3 Å². The van der Waals surface area contributed by atoms with Crippen molar-refractivity contribution >= 4 is 11.8 Å². The Hall–Kier alpha value is -1.85. The van der Waals surface area contributed by atoms with Gasteiger partial charge in [-0.1, -0.05) is 0 Å². The van der Waals surface area contributed by atoms with Crippen LogP contribution in [0.4, 0.5) is 5.82 Å². The number of anilines is 1. The van der Waals surface area contributed by atoms with E-state index in [9.17, 15) is 9.59 Å². The molecule has 0 radical (unpaired) electrons. The normalized spacial score (nSPS) is 17.4. The van der Waals surface area contributed by atoms with Gasteiger partial charge in [-0.2, -0.15) is 0 Å². The minimum atomic E-state index is -0.903. The molecule has 6 nitrogen and oxygen atoms in total. The van der Waals surface area contributed by atoms with Gasteiger partial charge in [0.15, 0.2) is 0 Å². The summed E-state index contributed by atoms with van der Waals surface area (Å²) in [7, 11) is 0. The summed E-state index contributed by atoms with van der Waals surface area (Å²) in [4.78, 5) is 27.9. The lowest BCUT2D eigenvalue weighted by Gasteiger charge is -2.11. The van der Waals surface area contributed by atoms with Gasteiger partial charge in [0, 0.05) is 6.07 Å². The molecule has 6 heteroatoms. The van der Waals surface area contributed by atoms with Crippen molar-refractivity contribution < 1.29 is 9.90 Å². The third-order valence-electron chi connectivity index (χ3n) is 2.20. The number of nitrogens with zero attached hydrogens (tertiary/aromatic N) is 1. The van der Waals surface area contributed by atoms with Crippen LogP contribution in [0.5, 0.6) is 0 Å². The number of aromatic amines is 1. The number of carboxylic acids is 1. The third-order valence-corrected chi connectivity index (χ3v) is 2.20. The van der Waals surface area contributed by atoms with Gasteiger partial charge in [0.25, 0.3) is 5.56 Å². The number of aromatic nitrogens is 2. The van der Waals surface area contributed by atoms with Crippen LogP contribution in [0.15, 0.2) is 17.2 Å². The SMILES string of the molecule is O=C(O)C1(Nc2cc(=O)[nH]cn2)CC1. The Labute approximate surface area is 79.0 Å². The fraction of sp³-hybridized carbons (Fsp3) is 0.375. The number of hydrogen-bond acceptors (Lipinski definition) is 4. The third kappa shape index (κ3) is 1.46. The predicted molar refractivity (Wildman–Crippen MR) is 48.1 cm³/mol. The van der Waals surface area contributed by atoms with Gasteiger partial charge in [-0.15, -0.1) is 0 Å². The molecule has 1 aliphatic carbocycles. The number of carbonyl (C=O) groups is 1. The summed E-state index contributed by atoms with van der Waals surface area (Å²) in [5.41, 5.74) is -1.20. The molecule has 0 unspecified atom stereocenters. The average Bonchev–Trinajstić information content (AvgIpc) is 2.85. The van der Waals surface area contributed by atoms with Crippen LogP contribution in [-0.2, 0) is 4.79 Å². The highest BCUT2D eigenvalue weighted by atomic mass is 16.4. The van der Waals surface area contributed by atoms with Crippen molar-refractivity contribution in [2.45, 2.75) is 18.4 Å². The lowest BCUT2D eigenvalue weighted by molar-refractivity contribution is -0.138. The summed E-state index contributed by atoms with van der Waals surface area (Å²) in [5, 5.41) is 11.6. The fourth-order valence-electron chi connectivity index (χ4n) is 1.20. The maximum Gasteiger partial charge on any atom is 0.329 e. The average molecular weight is 195 g/mol. The van der Waals surface area contributed by atoms with Crippen LogP contribution in [0.1, 0.15) is 12.8 Å². The summed E-state index contributed by atoms with van der Waals surface area (Å²) >= 11 is 0. The summed E-state index contributed by atoms with van der Waals surface area (Å²) in [6.07, 6.45) is 2.37. The highest BCUT2D eigenvalue weighted by Crippen LogP contribution is 2.38. The molecule has 1 heterocycles. The van der Waals surface area contributed by atoms with Crippen LogP contribution >= 0.6 is 0 Å². The standard InChI is InChI=1S/C8H9N3O3/c12-6-3-5(9-4-10-6)11-8(1-2-8)7(13)14/h3-4H,1-2H2,(H,13,14)(H2,9,10,11,12). The van der Waals surface area contributed by atoms with E-state index >= 15 is 0 Å². The van der Waals surface area contributed by atoms with Crippen molar-refractivity contribution in [2.75, 3.05) is 5.32 Å². The Morgan fingerprint density at radius 1 is 1.64 bits per heavy atom. The molecule has 1 aromatic heterocycles. The van der Waals surface area contributed by atoms with Crippen molar-refractivity contribution in [1.82, 2.24) is 9.97 Å². The Morgan fingerprint density at radius 3 is 2.86 bits per heavy atom. The predicted octanol–water partition coefficient (Wildman–Crippen LogP) is -0.201. The molecule has 1 aromatic rings. The molecule has 3 N–H and O–H groups in total. The molecular formula is C8H9N3O3. The molecule has 1 fully saturated rings. The summed E-state index contributed by atoms with van der Waals surface area (Å²) in [6, 6.07) is 1.24. The Kier molecular flexibility index (Phi) is 1.77. The Bertz CT molecular complexity index is 422. The molecule has 0 saturated heterocycles. The second-order valence-electron chi connectivity index (χ2n) is 3.31. The molecule has 74 valence electrons. The largest absolute Gasteiger partial charge is 0.480 e. The molecule has 1 aliphatic rings. The zero-order chi connectivity index (χ0) is 10.2. The number of aliphatic carboxylic acids is 1. The molecule has 0 aliphatic heterocycles. The second kappa shape index (κ2) is 2.83. The van der Waals surface area contributed by atoms with Crippen LogP contribution in [-0.4, -0.2) is 26.6 Å². The number of H-pyrrole nitrogens is 1. The van der Waals surface area contributed by atoms with Gasteiger partial charge in [0.05, 0.1) is 6.33 Å². The van der Waals surface area contributed by atoms with E-state index in [0.29, 0.717) is 18.7 Å². The zero-order valence-electron chi connectivity index (χ0n) is 7.28. The van der Waals surface area contributed by atoms with Crippen LogP contribution in [0.3, 0.4) is 0 Å². The molecule has 0 atom stereocenters. The van der Waals surface area contributed by atoms with Gasteiger partial charge in [-0.3, -0.25) is 4.79 Å². The van der Waals surface area contributed by atoms with E-state index < -0.39 is 11.5 Å². The highest BCUT2D eigenvalue weighted by molar-refractivity contribution is 5.85. The van der Waals surface area contributed by atoms with E-state index in [-0.39, 0.29) is 5.56 Å². The van der Waals surface area contributed by atoms with Gasteiger partial charge < -0.3 is 15.4 Å². The van der Waals surface area contributed by atoms with Crippen molar-refractivity contribution in [3.8, 4) is 0 Å². The zero-order valence-corrected chi connectivity index (χ0v) is 7.28. The minimum absolute atomic E-state index is 0.300. The minimum Gasteiger partial charge on any atom is -0.480 e. The molecule has 2 rings (SSSR count). The van der Waals surface area contributed by atoms with Crippen LogP contribution in [0.25, 0.3) is 0 Å². The monoisotopic (exact) mass is 195 g/mol.